The van der Waals surface area contributed by atoms with Gasteiger partial charge in [0.05, 0.1) is 12.2 Å². The second kappa shape index (κ2) is 8.81. The van der Waals surface area contributed by atoms with Crippen LogP contribution in [0.2, 0.25) is 0 Å². The van der Waals surface area contributed by atoms with Crippen molar-refractivity contribution in [2.45, 2.75) is 76.9 Å². The lowest BCUT2D eigenvalue weighted by Crippen LogP contribution is -2.46. The molecular weight excluding hydrogens is 238 g/mol. The summed E-state index contributed by atoms with van der Waals surface area (Å²) in [5, 5.41) is 0. The van der Waals surface area contributed by atoms with E-state index in [1.165, 1.54) is 6.42 Å². The van der Waals surface area contributed by atoms with E-state index in [1.807, 2.05) is 0 Å². The highest BCUT2D eigenvalue weighted by atomic mass is 19.2. The first-order chi connectivity index (χ1) is 8.70. The zero-order chi connectivity index (χ0) is 13.4. The third-order valence-electron chi connectivity index (χ3n) is 3.46. The molecule has 108 valence electrons. The van der Waals surface area contributed by atoms with Gasteiger partial charge in [0.15, 0.2) is 12.3 Å². The molecular formula is C14H26F2O2. The van der Waals surface area contributed by atoms with Crippen LogP contribution in [0, 0.1) is 0 Å². The minimum Gasteiger partial charge on any atom is -0.375 e. The Morgan fingerprint density at radius 2 is 1.50 bits per heavy atom. The molecule has 0 aliphatic heterocycles. The average Bonchev–Trinajstić information content (AvgIpc) is 2.37. The van der Waals surface area contributed by atoms with E-state index < -0.39 is 24.6 Å². The summed E-state index contributed by atoms with van der Waals surface area (Å²) in [5.74, 6) is 0. The lowest BCUT2D eigenvalue weighted by atomic mass is 9.91. The normalized spacial score (nSPS) is 32.7. The molecule has 1 aliphatic rings. The van der Waals surface area contributed by atoms with Crippen molar-refractivity contribution >= 4 is 0 Å². The number of rotatable bonds is 8. The summed E-state index contributed by atoms with van der Waals surface area (Å²) in [6.45, 7) is 4.91. The van der Waals surface area contributed by atoms with Crippen molar-refractivity contribution in [1.29, 1.82) is 0 Å². The molecule has 0 amide bonds. The van der Waals surface area contributed by atoms with Gasteiger partial charge in [-0.1, -0.05) is 26.2 Å². The SMILES string of the molecule is CCCCCCOC1CCC(OCC)C(F)C1F. The third-order valence-corrected chi connectivity index (χ3v) is 3.46. The Morgan fingerprint density at radius 1 is 0.889 bits per heavy atom. The Hall–Kier alpha value is -0.220. The Balaban J connectivity index is 2.23. The molecule has 1 saturated carbocycles. The summed E-state index contributed by atoms with van der Waals surface area (Å²) >= 11 is 0. The van der Waals surface area contributed by atoms with Crippen molar-refractivity contribution in [3.63, 3.8) is 0 Å². The zero-order valence-corrected chi connectivity index (χ0v) is 11.5. The van der Waals surface area contributed by atoms with E-state index >= 15 is 0 Å². The average molecular weight is 264 g/mol. The molecule has 4 heteroatoms. The second-order valence-electron chi connectivity index (χ2n) is 4.93. The summed E-state index contributed by atoms with van der Waals surface area (Å²) in [4.78, 5) is 0. The van der Waals surface area contributed by atoms with Gasteiger partial charge in [-0.15, -0.1) is 0 Å². The van der Waals surface area contributed by atoms with Gasteiger partial charge in [0.2, 0.25) is 0 Å². The van der Waals surface area contributed by atoms with Crippen molar-refractivity contribution in [3.8, 4) is 0 Å². The number of ether oxygens (including phenoxy) is 2. The highest BCUT2D eigenvalue weighted by Crippen LogP contribution is 2.29. The van der Waals surface area contributed by atoms with Crippen molar-refractivity contribution in [1.82, 2.24) is 0 Å². The zero-order valence-electron chi connectivity index (χ0n) is 11.5. The van der Waals surface area contributed by atoms with Gasteiger partial charge in [0.1, 0.15) is 0 Å². The summed E-state index contributed by atoms with van der Waals surface area (Å²) in [5.41, 5.74) is 0. The fourth-order valence-corrected chi connectivity index (χ4v) is 2.39. The lowest BCUT2D eigenvalue weighted by Gasteiger charge is -2.34. The van der Waals surface area contributed by atoms with Gasteiger partial charge >= 0.3 is 0 Å². The van der Waals surface area contributed by atoms with E-state index in [1.54, 1.807) is 6.92 Å². The molecule has 0 saturated heterocycles. The summed E-state index contributed by atoms with van der Waals surface area (Å²) in [6, 6.07) is 0. The third kappa shape index (κ3) is 4.81. The molecule has 0 aromatic rings. The maximum absolute atomic E-state index is 13.8. The van der Waals surface area contributed by atoms with Crippen LogP contribution in [-0.4, -0.2) is 37.8 Å². The number of halogens is 2. The van der Waals surface area contributed by atoms with Gasteiger partial charge in [0, 0.05) is 13.2 Å². The number of hydrogen-bond acceptors (Lipinski definition) is 2. The first-order valence-corrected chi connectivity index (χ1v) is 7.22. The minimum absolute atomic E-state index is 0.431. The molecule has 18 heavy (non-hydrogen) atoms. The molecule has 0 radical (unpaired) electrons. The van der Waals surface area contributed by atoms with Gasteiger partial charge < -0.3 is 9.47 Å². The van der Waals surface area contributed by atoms with Crippen LogP contribution in [0.1, 0.15) is 52.4 Å². The maximum Gasteiger partial charge on any atom is 0.160 e. The summed E-state index contributed by atoms with van der Waals surface area (Å²) in [6.07, 6.45) is 1.21. The molecule has 0 bridgehead atoms. The number of alkyl halides is 2. The van der Waals surface area contributed by atoms with E-state index in [0.717, 1.165) is 19.3 Å². The van der Waals surface area contributed by atoms with Crippen LogP contribution in [0.5, 0.6) is 0 Å². The van der Waals surface area contributed by atoms with Crippen LogP contribution in [0.4, 0.5) is 8.78 Å². The van der Waals surface area contributed by atoms with E-state index in [-0.39, 0.29) is 0 Å². The number of hydrogen-bond donors (Lipinski definition) is 0. The van der Waals surface area contributed by atoms with Crippen molar-refractivity contribution in [3.05, 3.63) is 0 Å². The molecule has 1 aliphatic carbocycles. The Bertz CT molecular complexity index is 214. The van der Waals surface area contributed by atoms with E-state index in [0.29, 0.717) is 26.1 Å². The molecule has 4 unspecified atom stereocenters. The van der Waals surface area contributed by atoms with Gasteiger partial charge in [-0.2, -0.15) is 0 Å². The summed E-state index contributed by atoms with van der Waals surface area (Å²) in [7, 11) is 0. The van der Waals surface area contributed by atoms with E-state index in [4.69, 9.17) is 9.47 Å². The predicted molar refractivity (Wildman–Crippen MR) is 68.3 cm³/mol. The van der Waals surface area contributed by atoms with Crippen molar-refractivity contribution in [2.24, 2.45) is 0 Å². The second-order valence-corrected chi connectivity index (χ2v) is 4.93. The van der Waals surface area contributed by atoms with Crippen LogP contribution < -0.4 is 0 Å². The minimum atomic E-state index is -1.54. The summed E-state index contributed by atoms with van der Waals surface area (Å²) < 4.78 is 38.2. The van der Waals surface area contributed by atoms with Gasteiger partial charge in [-0.3, -0.25) is 0 Å². The first kappa shape index (κ1) is 15.8. The standard InChI is InChI=1S/C14H26F2O2/c1-3-5-6-7-10-18-12-9-8-11(17-4-2)13(15)14(12)16/h11-14H,3-10H2,1-2H3. The van der Waals surface area contributed by atoms with Gasteiger partial charge in [-0.25, -0.2) is 8.78 Å². The maximum atomic E-state index is 13.8. The fraction of sp³-hybridized carbons (Fsp3) is 1.00. The first-order valence-electron chi connectivity index (χ1n) is 7.22. The molecule has 2 nitrogen and oxygen atoms in total. The van der Waals surface area contributed by atoms with Crippen molar-refractivity contribution < 1.29 is 18.3 Å². The largest absolute Gasteiger partial charge is 0.375 e. The Labute approximate surface area is 109 Å². The quantitative estimate of drug-likeness (QED) is 0.620. The van der Waals surface area contributed by atoms with Crippen LogP contribution in [0.25, 0.3) is 0 Å². The highest BCUT2D eigenvalue weighted by molar-refractivity contribution is 4.89. The molecule has 0 aromatic carbocycles. The Morgan fingerprint density at radius 3 is 2.06 bits per heavy atom. The monoisotopic (exact) mass is 264 g/mol. The van der Waals surface area contributed by atoms with Crippen LogP contribution in [0.15, 0.2) is 0 Å². The molecule has 0 aromatic heterocycles. The van der Waals surface area contributed by atoms with Gasteiger partial charge in [0.25, 0.3) is 0 Å². The lowest BCUT2D eigenvalue weighted by molar-refractivity contribution is -0.116. The van der Waals surface area contributed by atoms with E-state index in [2.05, 4.69) is 6.92 Å². The molecule has 1 fully saturated rings. The van der Waals surface area contributed by atoms with Crippen LogP contribution in [0.3, 0.4) is 0 Å². The molecule has 0 spiro atoms. The molecule has 0 heterocycles. The highest BCUT2D eigenvalue weighted by Gasteiger charge is 2.41. The fourth-order valence-electron chi connectivity index (χ4n) is 2.39. The molecule has 0 N–H and O–H groups in total. The van der Waals surface area contributed by atoms with E-state index in [9.17, 15) is 8.78 Å². The number of unbranched alkanes of at least 4 members (excludes halogenated alkanes) is 3. The van der Waals surface area contributed by atoms with Crippen LogP contribution >= 0.6 is 0 Å². The topological polar surface area (TPSA) is 18.5 Å². The predicted octanol–water partition coefficient (Wildman–Crippen LogP) is 3.83. The molecule has 1 rings (SSSR count). The van der Waals surface area contributed by atoms with Crippen molar-refractivity contribution in [2.75, 3.05) is 13.2 Å². The molecule has 4 atom stereocenters. The van der Waals surface area contributed by atoms with Crippen LogP contribution in [-0.2, 0) is 9.47 Å². The Kier molecular flexibility index (Phi) is 7.75. The smallest absolute Gasteiger partial charge is 0.160 e. The van der Waals surface area contributed by atoms with Gasteiger partial charge in [-0.05, 0) is 26.2 Å².